The Balaban J connectivity index is 0.00000370. The number of nitrogens with zero attached hydrogens (tertiary/aromatic N) is 2. The summed E-state index contributed by atoms with van der Waals surface area (Å²) in [6, 6.07) is 17.9. The van der Waals surface area contributed by atoms with E-state index >= 15 is 0 Å². The average molecular weight is 584 g/mol. The van der Waals surface area contributed by atoms with Gasteiger partial charge in [0.15, 0.2) is 0 Å². The zero-order valence-corrected chi connectivity index (χ0v) is 24.6. The number of H-pyrrole nitrogens is 1. The number of aromatic nitrogens is 1. The SMILES string of the molecule is CCCCC(=O)OC[N+]1(CCCCOc2ccc3ccc(=O)[nH]c3c2)CCN(c2cccc3sccc23)CC1.[Cl-]. The Morgan fingerprint density at radius 3 is 2.70 bits per heavy atom. The molecule has 1 saturated heterocycles. The van der Waals surface area contributed by atoms with Crippen LogP contribution in [0.15, 0.2) is 64.8 Å². The number of benzene rings is 2. The number of hydrogen-bond donors (Lipinski definition) is 1. The molecule has 0 bridgehead atoms. The predicted octanol–water partition coefficient (Wildman–Crippen LogP) is 2.93. The van der Waals surface area contributed by atoms with Gasteiger partial charge in [-0.3, -0.25) is 14.1 Å². The number of nitrogens with one attached hydrogen (secondary N) is 1. The van der Waals surface area contributed by atoms with Gasteiger partial charge >= 0.3 is 5.97 Å². The highest BCUT2D eigenvalue weighted by molar-refractivity contribution is 7.17. The first-order chi connectivity index (χ1) is 19.0. The van der Waals surface area contributed by atoms with Gasteiger partial charge in [0.25, 0.3) is 0 Å². The molecular weight excluding hydrogens is 546 g/mol. The Labute approximate surface area is 245 Å². The van der Waals surface area contributed by atoms with E-state index < -0.39 is 0 Å². The second-order valence-electron chi connectivity index (χ2n) is 10.5. The zero-order chi connectivity index (χ0) is 27.1. The number of ether oxygens (including phenoxy) is 2. The number of rotatable bonds is 12. The molecule has 0 spiro atoms. The van der Waals surface area contributed by atoms with Gasteiger partial charge < -0.3 is 31.8 Å². The van der Waals surface area contributed by atoms with Gasteiger partial charge in [0, 0.05) is 34.3 Å². The molecule has 2 aromatic carbocycles. The topological polar surface area (TPSA) is 71.6 Å². The van der Waals surface area contributed by atoms with Crippen LogP contribution in [0, 0.1) is 0 Å². The lowest BCUT2D eigenvalue weighted by Gasteiger charge is -2.45. The molecule has 0 atom stereocenters. The third-order valence-electron chi connectivity index (χ3n) is 7.73. The molecule has 0 amide bonds. The van der Waals surface area contributed by atoms with E-state index in [1.54, 1.807) is 11.3 Å². The Bertz CT molecular complexity index is 1460. The molecule has 1 fully saturated rings. The minimum absolute atomic E-state index is 0. The van der Waals surface area contributed by atoms with Crippen molar-refractivity contribution in [3.05, 3.63) is 70.3 Å². The van der Waals surface area contributed by atoms with Crippen molar-refractivity contribution < 1.29 is 31.2 Å². The smallest absolute Gasteiger partial charge is 0.310 e. The Morgan fingerprint density at radius 1 is 1.05 bits per heavy atom. The van der Waals surface area contributed by atoms with Gasteiger partial charge in [-0.1, -0.05) is 19.4 Å². The lowest BCUT2D eigenvalue weighted by Crippen LogP contribution is -3.00. The van der Waals surface area contributed by atoms with Gasteiger partial charge in [-0.2, -0.15) is 0 Å². The highest BCUT2D eigenvalue weighted by atomic mass is 35.5. The third-order valence-corrected chi connectivity index (χ3v) is 8.61. The standard InChI is InChI=1S/C31H37N3O4S.ClH/c1-2-3-9-31(36)38-23-34(18-15-33(16-19-34)28-7-6-8-29-26(28)14-21-39-29)17-4-5-20-37-25-12-10-24-11-13-30(35)32-27(24)22-25;/h6-8,10-14,21-22H,2-5,9,15-20,23H2,1H3;1H. The van der Waals surface area contributed by atoms with Crippen LogP contribution in [0.4, 0.5) is 5.69 Å². The van der Waals surface area contributed by atoms with Gasteiger partial charge in [-0.15, -0.1) is 11.3 Å². The lowest BCUT2D eigenvalue weighted by atomic mass is 10.1. The molecule has 2 aromatic heterocycles. The van der Waals surface area contributed by atoms with E-state index in [9.17, 15) is 9.59 Å². The van der Waals surface area contributed by atoms with Crippen LogP contribution in [-0.2, 0) is 9.53 Å². The average Bonchev–Trinajstić information content (AvgIpc) is 3.44. The molecule has 1 aliphatic rings. The fourth-order valence-corrected chi connectivity index (χ4v) is 6.17. The number of thiophene rings is 1. The number of quaternary nitrogens is 1. The molecule has 7 nitrogen and oxygen atoms in total. The molecule has 3 heterocycles. The first-order valence-electron chi connectivity index (χ1n) is 14.0. The van der Waals surface area contributed by atoms with Gasteiger partial charge in [0.1, 0.15) is 5.75 Å². The van der Waals surface area contributed by atoms with Gasteiger partial charge in [-0.05, 0) is 66.4 Å². The number of pyridine rings is 1. The number of fused-ring (bicyclic) bond motifs is 2. The third kappa shape index (κ3) is 7.36. The first-order valence-corrected chi connectivity index (χ1v) is 14.9. The Kier molecular flexibility index (Phi) is 10.5. The molecule has 5 rings (SSSR count). The van der Waals surface area contributed by atoms with Crippen molar-refractivity contribution in [2.45, 2.75) is 39.0 Å². The maximum Gasteiger partial charge on any atom is 0.310 e. The normalized spacial score (nSPS) is 14.7. The number of piperazine rings is 1. The van der Waals surface area contributed by atoms with Crippen molar-refractivity contribution >= 4 is 44.0 Å². The highest BCUT2D eigenvalue weighted by Gasteiger charge is 2.34. The summed E-state index contributed by atoms with van der Waals surface area (Å²) in [5.74, 6) is 0.673. The second kappa shape index (κ2) is 14.0. The molecule has 0 unspecified atom stereocenters. The van der Waals surface area contributed by atoms with Crippen molar-refractivity contribution in [2.75, 3.05) is 51.0 Å². The molecule has 1 aliphatic heterocycles. The number of carbonyl (C=O) groups excluding carboxylic acids is 1. The minimum atomic E-state index is -0.115. The van der Waals surface area contributed by atoms with E-state index in [4.69, 9.17) is 9.47 Å². The first kappa shape index (κ1) is 29.9. The number of carbonyl (C=O) groups is 1. The summed E-state index contributed by atoms with van der Waals surface area (Å²) in [5.41, 5.74) is 1.97. The van der Waals surface area contributed by atoms with E-state index in [0.717, 1.165) is 79.5 Å². The number of anilines is 1. The molecule has 0 radical (unpaired) electrons. The van der Waals surface area contributed by atoms with Gasteiger partial charge in [0.2, 0.25) is 12.3 Å². The predicted molar refractivity (Wildman–Crippen MR) is 159 cm³/mol. The van der Waals surface area contributed by atoms with E-state index in [1.165, 1.54) is 21.8 Å². The maximum atomic E-state index is 12.4. The summed E-state index contributed by atoms with van der Waals surface area (Å²) in [6.07, 6.45) is 4.25. The van der Waals surface area contributed by atoms with Crippen molar-refractivity contribution in [3.63, 3.8) is 0 Å². The van der Waals surface area contributed by atoms with Crippen molar-refractivity contribution in [2.24, 2.45) is 0 Å². The second-order valence-corrected chi connectivity index (χ2v) is 11.4. The summed E-state index contributed by atoms with van der Waals surface area (Å²) in [7, 11) is 0. The molecule has 214 valence electrons. The van der Waals surface area contributed by atoms with Crippen molar-refractivity contribution in [1.29, 1.82) is 0 Å². The highest BCUT2D eigenvalue weighted by Crippen LogP contribution is 2.32. The Morgan fingerprint density at radius 2 is 1.88 bits per heavy atom. The molecule has 0 aliphatic carbocycles. The molecule has 4 aromatic rings. The van der Waals surface area contributed by atoms with E-state index in [2.05, 4.69) is 46.5 Å². The van der Waals surface area contributed by atoms with Gasteiger partial charge in [-0.25, -0.2) is 0 Å². The van der Waals surface area contributed by atoms with Crippen LogP contribution >= 0.6 is 11.3 Å². The fraction of sp³-hybridized carbons (Fsp3) is 0.419. The zero-order valence-electron chi connectivity index (χ0n) is 23.1. The molecule has 1 N–H and O–H groups in total. The summed E-state index contributed by atoms with van der Waals surface area (Å²) >= 11 is 1.78. The Hall–Kier alpha value is -3.07. The summed E-state index contributed by atoms with van der Waals surface area (Å²) in [4.78, 5) is 29.3. The number of hydrogen-bond acceptors (Lipinski definition) is 6. The van der Waals surface area contributed by atoms with Gasteiger partial charge in [0.05, 0.1) is 44.8 Å². The van der Waals surface area contributed by atoms with Crippen LogP contribution in [0.5, 0.6) is 5.75 Å². The molecule has 9 heteroatoms. The van der Waals surface area contributed by atoms with Crippen molar-refractivity contribution in [1.82, 2.24) is 4.98 Å². The summed E-state index contributed by atoms with van der Waals surface area (Å²) < 4.78 is 13.9. The largest absolute Gasteiger partial charge is 1.00 e. The van der Waals surface area contributed by atoms with Crippen LogP contribution < -0.4 is 27.6 Å². The van der Waals surface area contributed by atoms with Crippen LogP contribution in [-0.4, -0.2) is 61.5 Å². The minimum Gasteiger partial charge on any atom is -1.00 e. The monoisotopic (exact) mass is 583 g/mol. The number of esters is 1. The quantitative estimate of drug-likeness (QED) is 0.158. The molecule has 40 heavy (non-hydrogen) atoms. The van der Waals surface area contributed by atoms with E-state index in [-0.39, 0.29) is 23.9 Å². The van der Waals surface area contributed by atoms with Crippen molar-refractivity contribution in [3.8, 4) is 5.75 Å². The number of halogens is 1. The van der Waals surface area contributed by atoms with E-state index in [0.29, 0.717) is 19.8 Å². The van der Waals surface area contributed by atoms with E-state index in [1.807, 2.05) is 24.3 Å². The molecule has 0 saturated carbocycles. The van der Waals surface area contributed by atoms with Crippen LogP contribution in [0.25, 0.3) is 21.0 Å². The van der Waals surface area contributed by atoms with Crippen LogP contribution in [0.1, 0.15) is 39.0 Å². The summed E-state index contributed by atoms with van der Waals surface area (Å²) in [5, 5.41) is 4.47. The lowest BCUT2D eigenvalue weighted by molar-refractivity contribution is -0.944. The number of aromatic amines is 1. The van der Waals surface area contributed by atoms with Crippen LogP contribution in [0.2, 0.25) is 0 Å². The number of unbranched alkanes of at least 4 members (excludes halogenated alkanes) is 2. The fourth-order valence-electron chi connectivity index (χ4n) is 5.36. The molecular formula is C31H38ClN3O4S. The summed E-state index contributed by atoms with van der Waals surface area (Å²) in [6.45, 7) is 7.85. The van der Waals surface area contributed by atoms with Crippen LogP contribution in [0.3, 0.4) is 0 Å². The maximum absolute atomic E-state index is 12.4.